The van der Waals surface area contributed by atoms with Crippen LogP contribution in [0.2, 0.25) is 6.82 Å². The molecule has 2 N–H and O–H groups in total. The number of nitrogens with one attached hydrogen (secondary N) is 1. The summed E-state index contributed by atoms with van der Waals surface area (Å²) >= 11 is 0. The van der Waals surface area contributed by atoms with Crippen molar-refractivity contribution in [2.24, 2.45) is 0 Å². The Morgan fingerprint density at radius 1 is 1.41 bits per heavy atom. The van der Waals surface area contributed by atoms with E-state index in [1.807, 2.05) is 35.1 Å². The third-order valence-electron chi connectivity index (χ3n) is 3.83. The maximum absolute atomic E-state index is 12.1. The van der Waals surface area contributed by atoms with Gasteiger partial charge in [0.15, 0.2) is 0 Å². The Balaban J connectivity index is 2.16. The minimum Gasteiger partial charge on any atom is -0.463 e. The zero-order valence-electron chi connectivity index (χ0n) is 13.4. The van der Waals surface area contributed by atoms with Gasteiger partial charge in [0.05, 0.1) is 12.2 Å². The van der Waals surface area contributed by atoms with Gasteiger partial charge < -0.3 is 19.9 Å². The molecule has 0 saturated carbocycles. The molecule has 22 heavy (non-hydrogen) atoms. The van der Waals surface area contributed by atoms with Crippen LogP contribution in [0.5, 0.6) is 0 Å². The molecule has 5 nitrogen and oxygen atoms in total. The first-order valence-corrected chi connectivity index (χ1v) is 7.65. The first kappa shape index (κ1) is 16.6. The van der Waals surface area contributed by atoms with Crippen LogP contribution in [-0.4, -0.2) is 42.6 Å². The Morgan fingerprint density at radius 2 is 2.09 bits per heavy atom. The molecule has 0 saturated heterocycles. The van der Waals surface area contributed by atoms with E-state index in [1.165, 1.54) is 0 Å². The third kappa shape index (κ3) is 3.90. The number of rotatable bonds is 6. The van der Waals surface area contributed by atoms with Gasteiger partial charge in [-0.1, -0.05) is 30.3 Å². The molecule has 1 aliphatic rings. The highest BCUT2D eigenvalue weighted by molar-refractivity contribution is 6.45. The predicted octanol–water partition coefficient (Wildman–Crippen LogP) is 1.58. The van der Waals surface area contributed by atoms with E-state index in [4.69, 9.17) is 4.74 Å². The van der Waals surface area contributed by atoms with Crippen LogP contribution in [-0.2, 0) is 9.53 Å². The van der Waals surface area contributed by atoms with Crippen molar-refractivity contribution in [2.75, 3.05) is 19.7 Å². The summed E-state index contributed by atoms with van der Waals surface area (Å²) in [5.74, 6) is -0.312. The van der Waals surface area contributed by atoms with Crippen LogP contribution in [0.1, 0.15) is 25.5 Å². The highest BCUT2D eigenvalue weighted by Gasteiger charge is 2.32. The zero-order valence-corrected chi connectivity index (χ0v) is 13.4. The molecule has 1 aromatic carbocycles. The topological polar surface area (TPSA) is 61.8 Å². The van der Waals surface area contributed by atoms with Gasteiger partial charge in [-0.25, -0.2) is 4.79 Å². The van der Waals surface area contributed by atoms with Gasteiger partial charge in [0.2, 0.25) is 0 Å². The van der Waals surface area contributed by atoms with E-state index in [0.717, 1.165) is 11.3 Å². The lowest BCUT2D eigenvalue weighted by molar-refractivity contribution is -0.138. The van der Waals surface area contributed by atoms with Crippen molar-refractivity contribution in [1.29, 1.82) is 0 Å². The molecular formula is C16H23BN2O3. The smallest absolute Gasteiger partial charge is 0.377 e. The highest BCUT2D eigenvalue weighted by atomic mass is 16.5. The van der Waals surface area contributed by atoms with Gasteiger partial charge in [0, 0.05) is 24.8 Å². The fraction of sp³-hybridized carbons (Fsp3) is 0.438. The van der Waals surface area contributed by atoms with Crippen LogP contribution >= 0.6 is 0 Å². The average molecular weight is 302 g/mol. The van der Waals surface area contributed by atoms with Gasteiger partial charge in [-0.15, -0.1) is 0 Å². The van der Waals surface area contributed by atoms with Crippen LogP contribution in [0.3, 0.4) is 0 Å². The van der Waals surface area contributed by atoms with E-state index in [-0.39, 0.29) is 12.0 Å². The maximum Gasteiger partial charge on any atom is 0.377 e. The summed E-state index contributed by atoms with van der Waals surface area (Å²) in [6.45, 7) is 6.81. The van der Waals surface area contributed by atoms with Gasteiger partial charge >= 0.3 is 13.0 Å². The van der Waals surface area contributed by atoms with E-state index < -0.39 is 7.05 Å². The van der Waals surface area contributed by atoms with E-state index in [9.17, 15) is 9.82 Å². The minimum absolute atomic E-state index is 0.0783. The molecule has 1 aliphatic heterocycles. The van der Waals surface area contributed by atoms with Crippen molar-refractivity contribution in [3.63, 3.8) is 0 Å². The van der Waals surface area contributed by atoms with E-state index in [2.05, 4.69) is 12.2 Å². The van der Waals surface area contributed by atoms with E-state index in [1.54, 1.807) is 13.7 Å². The number of carbonyl (C=O) groups is 1. The molecule has 2 rings (SSSR count). The van der Waals surface area contributed by atoms with Crippen molar-refractivity contribution in [3.8, 4) is 0 Å². The number of hydrogen-bond acceptors (Lipinski definition) is 5. The Kier molecular flexibility index (Phi) is 5.63. The van der Waals surface area contributed by atoms with Crippen molar-refractivity contribution >= 4 is 13.0 Å². The Bertz CT molecular complexity index is 546. The van der Waals surface area contributed by atoms with Crippen LogP contribution in [0.15, 0.2) is 41.6 Å². The van der Waals surface area contributed by atoms with Gasteiger partial charge in [-0.05, 0) is 26.2 Å². The third-order valence-corrected chi connectivity index (χ3v) is 3.83. The molecule has 0 spiro atoms. The summed E-state index contributed by atoms with van der Waals surface area (Å²) in [5.41, 5.74) is 2.58. The fourth-order valence-corrected chi connectivity index (χ4v) is 2.54. The largest absolute Gasteiger partial charge is 0.463 e. The van der Waals surface area contributed by atoms with Gasteiger partial charge in [-0.2, -0.15) is 0 Å². The first-order valence-electron chi connectivity index (χ1n) is 7.65. The standard InChI is InChI=1S/C16H23BN2O3/c1-4-22-16(20)14-10-19(17(3)21)11-15(14)18-12(2)13-8-6-5-7-9-13/h5-9,12,18,21H,4,10-11H2,1-3H3/t12-/m0/s1. The molecule has 0 unspecified atom stereocenters. The van der Waals surface area contributed by atoms with Crippen LogP contribution in [0.4, 0.5) is 0 Å². The lowest BCUT2D eigenvalue weighted by atomic mass is 9.85. The molecule has 0 fully saturated rings. The summed E-state index contributed by atoms with van der Waals surface area (Å²) in [6, 6.07) is 10.1. The number of benzene rings is 1. The first-order chi connectivity index (χ1) is 10.5. The normalized spacial score (nSPS) is 16.5. The molecule has 0 aromatic heterocycles. The van der Waals surface area contributed by atoms with Gasteiger partial charge in [0.1, 0.15) is 0 Å². The van der Waals surface area contributed by atoms with Crippen molar-refractivity contribution in [2.45, 2.75) is 26.7 Å². The van der Waals surface area contributed by atoms with E-state index >= 15 is 0 Å². The monoisotopic (exact) mass is 302 g/mol. The molecule has 0 radical (unpaired) electrons. The second kappa shape index (κ2) is 7.47. The summed E-state index contributed by atoms with van der Waals surface area (Å²) in [5, 5.41) is 13.2. The molecule has 0 bridgehead atoms. The summed E-state index contributed by atoms with van der Waals surface area (Å²) in [7, 11) is -0.601. The maximum atomic E-state index is 12.1. The molecule has 1 heterocycles. The quantitative estimate of drug-likeness (QED) is 0.617. The van der Waals surface area contributed by atoms with Crippen LogP contribution < -0.4 is 5.32 Å². The molecule has 1 atom stereocenters. The van der Waals surface area contributed by atoms with Crippen molar-refractivity contribution < 1.29 is 14.6 Å². The van der Waals surface area contributed by atoms with Crippen molar-refractivity contribution in [1.82, 2.24) is 10.1 Å². The predicted molar refractivity (Wildman–Crippen MR) is 87.1 cm³/mol. The summed E-state index contributed by atoms with van der Waals surface area (Å²) in [4.78, 5) is 13.9. The summed E-state index contributed by atoms with van der Waals surface area (Å²) < 4.78 is 5.13. The Hall–Kier alpha value is -1.79. The zero-order chi connectivity index (χ0) is 16.1. The average Bonchev–Trinajstić information content (AvgIpc) is 2.92. The summed E-state index contributed by atoms with van der Waals surface area (Å²) in [6.07, 6.45) is 0. The second-order valence-corrected chi connectivity index (χ2v) is 5.49. The molecule has 0 amide bonds. The molecule has 6 heteroatoms. The van der Waals surface area contributed by atoms with Crippen LogP contribution in [0.25, 0.3) is 0 Å². The number of esters is 1. The molecule has 1 aromatic rings. The minimum atomic E-state index is -0.601. The number of carbonyl (C=O) groups excluding carboxylic acids is 1. The number of ether oxygens (including phenoxy) is 1. The van der Waals surface area contributed by atoms with Gasteiger partial charge in [-0.3, -0.25) is 0 Å². The van der Waals surface area contributed by atoms with Crippen molar-refractivity contribution in [3.05, 3.63) is 47.2 Å². The van der Waals surface area contributed by atoms with E-state index in [0.29, 0.717) is 25.3 Å². The molecule has 0 aliphatic carbocycles. The van der Waals surface area contributed by atoms with Crippen LogP contribution in [0, 0.1) is 0 Å². The highest BCUT2D eigenvalue weighted by Crippen LogP contribution is 2.21. The SMILES string of the molecule is CCOC(=O)C1=C(N[C@@H](C)c2ccccc2)CN(B(C)O)C1. The van der Waals surface area contributed by atoms with Gasteiger partial charge in [0.25, 0.3) is 0 Å². The fourth-order valence-electron chi connectivity index (χ4n) is 2.54. The Morgan fingerprint density at radius 3 is 2.68 bits per heavy atom. The number of hydrogen-bond donors (Lipinski definition) is 2. The molecule has 118 valence electrons. The molecular weight excluding hydrogens is 279 g/mol. The number of nitrogens with zero attached hydrogens (tertiary/aromatic N) is 1. The lowest BCUT2D eigenvalue weighted by Gasteiger charge is -2.19. The Labute approximate surface area is 132 Å². The lowest BCUT2D eigenvalue weighted by Crippen LogP contribution is -2.37. The second-order valence-electron chi connectivity index (χ2n) is 5.49.